The molecule has 0 fully saturated rings. The Morgan fingerprint density at radius 2 is 1.25 bits per heavy atom. The van der Waals surface area contributed by atoms with E-state index in [9.17, 15) is 4.79 Å². The van der Waals surface area contributed by atoms with E-state index in [2.05, 4.69) is 0 Å². The number of hydrogen-bond acceptors (Lipinski definition) is 3. The molecule has 2 N–H and O–H groups in total. The Morgan fingerprint density at radius 3 is 1.75 bits per heavy atom. The van der Waals surface area contributed by atoms with E-state index in [1.165, 1.54) is 0 Å². The van der Waals surface area contributed by atoms with Gasteiger partial charge in [-0.15, -0.1) is 0 Å². The summed E-state index contributed by atoms with van der Waals surface area (Å²) >= 11 is 5.39. The summed E-state index contributed by atoms with van der Waals surface area (Å²) in [5.41, 5.74) is 8.65. The predicted molar refractivity (Wildman–Crippen MR) is 116 cm³/mol. The van der Waals surface area contributed by atoms with Crippen LogP contribution < -0.4 is 5.73 Å². The summed E-state index contributed by atoms with van der Waals surface area (Å²) in [5, 5.41) is 0. The summed E-state index contributed by atoms with van der Waals surface area (Å²) in [7, 11) is 0. The second-order valence-corrected chi connectivity index (χ2v) is 6.36. The second-order valence-electron chi connectivity index (χ2n) is 5.95. The van der Waals surface area contributed by atoms with Crippen LogP contribution in [-0.4, -0.2) is 10.8 Å². The Balaban J connectivity index is 0.000000161. The van der Waals surface area contributed by atoms with E-state index in [0.29, 0.717) is 11.3 Å². The van der Waals surface area contributed by atoms with E-state index in [4.69, 9.17) is 22.4 Å². The molecule has 0 bridgehead atoms. The summed E-state index contributed by atoms with van der Waals surface area (Å²) in [6.45, 7) is 0. The second kappa shape index (κ2) is 9.44. The zero-order valence-corrected chi connectivity index (χ0v) is 15.9. The molecule has 0 saturated heterocycles. The van der Waals surface area contributed by atoms with Gasteiger partial charge < -0.3 is 10.2 Å². The molecule has 0 aliphatic rings. The zero-order chi connectivity index (χ0) is 19.8. The molecule has 0 atom stereocenters. The first-order valence-electron chi connectivity index (χ1n) is 8.74. The third-order valence-corrected chi connectivity index (χ3v) is 4.52. The van der Waals surface area contributed by atoms with Crippen molar-refractivity contribution >= 4 is 23.0 Å². The van der Waals surface area contributed by atoms with Gasteiger partial charge in [0.05, 0.1) is 16.7 Å². The molecule has 3 aromatic carbocycles. The van der Waals surface area contributed by atoms with Gasteiger partial charge in [0.2, 0.25) is 5.91 Å². The van der Waals surface area contributed by atoms with Gasteiger partial charge in [-0.1, -0.05) is 91.1 Å². The third-order valence-electron chi connectivity index (χ3n) is 4.05. The summed E-state index contributed by atoms with van der Waals surface area (Å²) in [6, 6.07) is 30.8. The van der Waals surface area contributed by atoms with Crippen molar-refractivity contribution in [1.82, 2.24) is 0 Å². The van der Waals surface area contributed by atoms with Crippen molar-refractivity contribution < 1.29 is 9.21 Å². The normalized spacial score (nSPS) is 9.86. The molecule has 0 radical (unpaired) electrons. The fourth-order valence-electron chi connectivity index (χ4n) is 2.69. The molecule has 3 nitrogen and oxygen atoms in total. The average molecular weight is 385 g/mol. The van der Waals surface area contributed by atoms with Crippen LogP contribution in [-0.2, 0) is 0 Å². The number of primary amides is 1. The minimum atomic E-state index is -0.447. The Kier molecular flexibility index (Phi) is 6.50. The number of carbonyl (C=O) groups is 1. The number of nitrogens with two attached hydrogens (primary N) is 1. The highest BCUT2D eigenvalue weighted by Gasteiger charge is 2.10. The van der Waals surface area contributed by atoms with Gasteiger partial charge >= 0.3 is 0 Å². The van der Waals surface area contributed by atoms with Crippen LogP contribution in [0.4, 0.5) is 0 Å². The monoisotopic (exact) mass is 385 g/mol. The first-order chi connectivity index (χ1) is 13.7. The van der Waals surface area contributed by atoms with E-state index in [1.54, 1.807) is 36.6 Å². The quantitative estimate of drug-likeness (QED) is 0.373. The Morgan fingerprint density at radius 1 is 0.714 bits per heavy atom. The molecule has 28 heavy (non-hydrogen) atoms. The highest BCUT2D eigenvalue weighted by molar-refractivity contribution is 7.81. The van der Waals surface area contributed by atoms with Gasteiger partial charge in [-0.25, -0.2) is 0 Å². The fourth-order valence-corrected chi connectivity index (χ4v) is 2.96. The molecule has 0 unspecified atom stereocenters. The van der Waals surface area contributed by atoms with Crippen LogP contribution in [0.25, 0.3) is 11.3 Å². The van der Waals surface area contributed by atoms with Gasteiger partial charge in [0.1, 0.15) is 5.76 Å². The van der Waals surface area contributed by atoms with Gasteiger partial charge in [0.25, 0.3) is 0 Å². The SMILES string of the molecule is NC(=O)c1ccccc1-c1ccco1.S=C(c1ccccc1)c1ccccc1. The number of carbonyl (C=O) groups excluding carboxylic acids is 1. The Bertz CT molecular complexity index is 1000. The van der Waals surface area contributed by atoms with E-state index in [-0.39, 0.29) is 0 Å². The van der Waals surface area contributed by atoms with E-state index >= 15 is 0 Å². The summed E-state index contributed by atoms with van der Waals surface area (Å²) in [6.07, 6.45) is 1.56. The zero-order valence-electron chi connectivity index (χ0n) is 15.1. The fraction of sp³-hybridized carbons (Fsp3) is 0. The van der Waals surface area contributed by atoms with Crippen molar-refractivity contribution in [3.8, 4) is 11.3 Å². The number of rotatable bonds is 4. The number of hydrogen-bond donors (Lipinski definition) is 1. The lowest BCUT2D eigenvalue weighted by Crippen LogP contribution is -2.11. The average Bonchev–Trinajstić information content (AvgIpc) is 3.30. The summed E-state index contributed by atoms with van der Waals surface area (Å²) < 4.78 is 5.20. The first-order valence-corrected chi connectivity index (χ1v) is 9.15. The van der Waals surface area contributed by atoms with Crippen LogP contribution in [0.2, 0.25) is 0 Å². The minimum absolute atomic E-state index is 0.447. The Hall–Kier alpha value is -3.50. The third kappa shape index (κ3) is 4.81. The molecule has 0 aliphatic carbocycles. The van der Waals surface area contributed by atoms with Crippen molar-refractivity contribution in [1.29, 1.82) is 0 Å². The maximum Gasteiger partial charge on any atom is 0.249 e. The van der Waals surface area contributed by atoms with Crippen molar-refractivity contribution in [2.24, 2.45) is 5.73 Å². The van der Waals surface area contributed by atoms with Gasteiger partial charge in [-0.2, -0.15) is 0 Å². The summed E-state index contributed by atoms with van der Waals surface area (Å²) in [5.74, 6) is 0.205. The molecule has 1 amide bonds. The molecule has 4 aromatic rings. The lowest BCUT2D eigenvalue weighted by Gasteiger charge is -2.02. The van der Waals surface area contributed by atoms with Crippen molar-refractivity contribution in [2.75, 3.05) is 0 Å². The minimum Gasteiger partial charge on any atom is -0.464 e. The lowest BCUT2D eigenvalue weighted by atomic mass is 10.1. The molecule has 0 saturated carbocycles. The molecule has 1 heterocycles. The van der Waals surface area contributed by atoms with Crippen LogP contribution in [0.3, 0.4) is 0 Å². The van der Waals surface area contributed by atoms with E-state index in [0.717, 1.165) is 21.6 Å². The Labute approximate surface area is 169 Å². The van der Waals surface area contributed by atoms with Gasteiger partial charge in [0, 0.05) is 5.56 Å². The molecule has 1 aromatic heterocycles. The van der Waals surface area contributed by atoms with Gasteiger partial charge in [-0.05, 0) is 29.3 Å². The molecular weight excluding hydrogens is 366 g/mol. The largest absolute Gasteiger partial charge is 0.464 e. The topological polar surface area (TPSA) is 56.2 Å². The number of amides is 1. The highest BCUT2D eigenvalue weighted by atomic mass is 32.1. The van der Waals surface area contributed by atoms with Crippen LogP contribution >= 0.6 is 12.2 Å². The highest BCUT2D eigenvalue weighted by Crippen LogP contribution is 2.23. The number of furan rings is 1. The van der Waals surface area contributed by atoms with Gasteiger partial charge in [0.15, 0.2) is 0 Å². The van der Waals surface area contributed by atoms with Crippen LogP contribution in [0.15, 0.2) is 108 Å². The van der Waals surface area contributed by atoms with Crippen LogP contribution in [0, 0.1) is 0 Å². The van der Waals surface area contributed by atoms with Crippen molar-refractivity contribution in [2.45, 2.75) is 0 Å². The maximum atomic E-state index is 11.1. The van der Waals surface area contributed by atoms with Crippen molar-refractivity contribution in [3.63, 3.8) is 0 Å². The van der Waals surface area contributed by atoms with Crippen LogP contribution in [0.5, 0.6) is 0 Å². The van der Waals surface area contributed by atoms with E-state index < -0.39 is 5.91 Å². The molecule has 4 rings (SSSR count). The molecule has 4 heteroatoms. The molecule has 0 spiro atoms. The molecular formula is C24H19NO2S. The smallest absolute Gasteiger partial charge is 0.249 e. The standard InChI is InChI=1S/C13H10S.C11H9NO2/c14-13(11-7-3-1-4-8-11)12-9-5-2-6-10-12;12-11(13)9-5-2-1-4-8(9)10-6-3-7-14-10/h1-10H;1-7H,(H2,12,13). The van der Waals surface area contributed by atoms with Crippen LogP contribution in [0.1, 0.15) is 21.5 Å². The predicted octanol–water partition coefficient (Wildman–Crippen LogP) is 5.50. The van der Waals surface area contributed by atoms with E-state index in [1.807, 2.05) is 66.7 Å². The maximum absolute atomic E-state index is 11.1. The number of thiocarbonyl (C=S) groups is 1. The van der Waals surface area contributed by atoms with Crippen molar-refractivity contribution in [3.05, 3.63) is 120 Å². The first kappa shape index (κ1) is 19.3. The van der Waals surface area contributed by atoms with Gasteiger partial charge in [-0.3, -0.25) is 4.79 Å². The lowest BCUT2D eigenvalue weighted by molar-refractivity contribution is 0.100. The summed E-state index contributed by atoms with van der Waals surface area (Å²) in [4.78, 5) is 12.0. The number of benzene rings is 3. The molecule has 0 aliphatic heterocycles. The molecule has 138 valence electrons.